The lowest BCUT2D eigenvalue weighted by Crippen LogP contribution is -2.10. The molecule has 1 fully saturated rings. The topological polar surface area (TPSA) is 46.5 Å². The third-order valence-corrected chi connectivity index (χ3v) is 6.82. The van der Waals surface area contributed by atoms with Gasteiger partial charge in [-0.3, -0.25) is 4.79 Å². The fraction of sp³-hybridized carbons (Fsp3) is 0.192. The van der Waals surface area contributed by atoms with Gasteiger partial charge in [-0.15, -0.1) is 11.3 Å². The lowest BCUT2D eigenvalue weighted by molar-refractivity contribution is 0.104. The molecule has 5 rings (SSSR count). The van der Waals surface area contributed by atoms with Gasteiger partial charge in [0.2, 0.25) is 5.78 Å². The first-order chi connectivity index (χ1) is 14.7. The summed E-state index contributed by atoms with van der Waals surface area (Å²) in [6.45, 7) is 0. The number of carbonyl (C=O) groups excluding carboxylic acids is 1. The third kappa shape index (κ3) is 3.59. The summed E-state index contributed by atoms with van der Waals surface area (Å²) in [6, 6.07) is 22.7. The van der Waals surface area contributed by atoms with E-state index in [0.717, 1.165) is 39.8 Å². The highest BCUT2D eigenvalue weighted by Gasteiger charge is 2.22. The fourth-order valence-electron chi connectivity index (χ4n) is 4.15. The Morgan fingerprint density at radius 3 is 2.40 bits per heavy atom. The summed E-state index contributed by atoms with van der Waals surface area (Å²) in [7, 11) is 0. The van der Waals surface area contributed by atoms with E-state index in [4.69, 9.17) is 4.74 Å². The van der Waals surface area contributed by atoms with Crippen LogP contribution in [0, 0.1) is 0 Å². The molecule has 0 unspecified atom stereocenters. The number of aromatic hydroxyl groups is 1. The van der Waals surface area contributed by atoms with Crippen molar-refractivity contribution in [1.82, 2.24) is 0 Å². The van der Waals surface area contributed by atoms with Crippen LogP contribution in [0.25, 0.3) is 21.2 Å². The van der Waals surface area contributed by atoms with Crippen molar-refractivity contribution in [3.05, 3.63) is 83.2 Å². The van der Waals surface area contributed by atoms with E-state index >= 15 is 0 Å². The summed E-state index contributed by atoms with van der Waals surface area (Å²) >= 11 is 1.43. The Balaban J connectivity index is 1.53. The molecule has 4 heteroatoms. The summed E-state index contributed by atoms with van der Waals surface area (Å²) in [5, 5.41) is 10.9. The molecule has 0 atom stereocenters. The molecule has 1 aromatic heterocycles. The van der Waals surface area contributed by atoms with E-state index in [2.05, 4.69) is 0 Å². The number of hydrogen-bond acceptors (Lipinski definition) is 4. The minimum atomic E-state index is -0.0121. The Bertz CT molecular complexity index is 1190. The van der Waals surface area contributed by atoms with E-state index in [1.165, 1.54) is 24.2 Å². The molecule has 1 aliphatic rings. The highest BCUT2D eigenvalue weighted by Crippen LogP contribution is 2.41. The Kier molecular flexibility index (Phi) is 5.01. The average molecular weight is 415 g/mol. The number of phenolic OH excluding ortho intramolecular Hbond substituents is 1. The number of fused-ring (bicyclic) bond motifs is 1. The summed E-state index contributed by atoms with van der Waals surface area (Å²) in [5.41, 5.74) is 2.56. The zero-order valence-corrected chi connectivity index (χ0v) is 17.3. The van der Waals surface area contributed by atoms with Crippen LogP contribution in [-0.4, -0.2) is 17.0 Å². The van der Waals surface area contributed by atoms with Crippen molar-refractivity contribution in [2.75, 3.05) is 0 Å². The van der Waals surface area contributed by atoms with Gasteiger partial charge >= 0.3 is 0 Å². The molecule has 4 aromatic rings. The second-order valence-electron chi connectivity index (χ2n) is 7.73. The van der Waals surface area contributed by atoms with Crippen LogP contribution in [0.5, 0.6) is 11.5 Å². The highest BCUT2D eigenvalue weighted by atomic mass is 32.1. The quantitative estimate of drug-likeness (QED) is 0.364. The van der Waals surface area contributed by atoms with Crippen molar-refractivity contribution in [2.45, 2.75) is 31.8 Å². The van der Waals surface area contributed by atoms with E-state index < -0.39 is 0 Å². The molecule has 1 heterocycles. The summed E-state index contributed by atoms with van der Waals surface area (Å²) in [4.78, 5) is 14.1. The van der Waals surface area contributed by atoms with Gasteiger partial charge in [0.25, 0.3) is 0 Å². The zero-order valence-electron chi connectivity index (χ0n) is 16.5. The number of benzene rings is 3. The van der Waals surface area contributed by atoms with Gasteiger partial charge in [-0.2, -0.15) is 0 Å². The standard InChI is InChI=1S/C26H22O3S/c27-19-12-15-22-23(16-19)30-26(24(22)17-6-2-1-3-7-17)25(28)18-10-13-21(14-11-18)29-20-8-4-5-9-20/h1-3,6-7,10-16,20,27H,4-5,8-9H2. The predicted molar refractivity (Wildman–Crippen MR) is 122 cm³/mol. The molecule has 1 N–H and O–H groups in total. The fourth-order valence-corrected chi connectivity index (χ4v) is 5.37. The molecule has 0 amide bonds. The van der Waals surface area contributed by atoms with Crippen LogP contribution in [0.2, 0.25) is 0 Å². The minimum Gasteiger partial charge on any atom is -0.508 e. The Labute approximate surface area is 179 Å². The molecule has 150 valence electrons. The second kappa shape index (κ2) is 7.96. The van der Waals surface area contributed by atoms with Gasteiger partial charge in [-0.25, -0.2) is 0 Å². The normalized spacial score (nSPS) is 14.3. The number of phenols is 1. The molecule has 0 saturated heterocycles. The monoisotopic (exact) mass is 414 g/mol. The maximum absolute atomic E-state index is 13.5. The van der Waals surface area contributed by atoms with Gasteiger partial charge in [-0.05, 0) is 73.7 Å². The van der Waals surface area contributed by atoms with Crippen LogP contribution >= 0.6 is 11.3 Å². The second-order valence-corrected chi connectivity index (χ2v) is 8.78. The number of hydrogen-bond donors (Lipinski definition) is 1. The van der Waals surface area contributed by atoms with Gasteiger partial charge in [0, 0.05) is 21.2 Å². The number of carbonyl (C=O) groups is 1. The van der Waals surface area contributed by atoms with Gasteiger partial charge in [0.05, 0.1) is 11.0 Å². The largest absolute Gasteiger partial charge is 0.508 e. The van der Waals surface area contributed by atoms with Gasteiger partial charge in [-0.1, -0.05) is 30.3 Å². The Morgan fingerprint density at radius 2 is 1.67 bits per heavy atom. The van der Waals surface area contributed by atoms with Crippen molar-refractivity contribution in [3.8, 4) is 22.6 Å². The highest BCUT2D eigenvalue weighted by molar-refractivity contribution is 7.21. The molecule has 1 saturated carbocycles. The maximum atomic E-state index is 13.5. The van der Waals surface area contributed by atoms with Crippen LogP contribution < -0.4 is 4.74 Å². The summed E-state index contributed by atoms with van der Waals surface area (Å²) in [6.07, 6.45) is 4.97. The van der Waals surface area contributed by atoms with Gasteiger partial charge in [0.15, 0.2) is 0 Å². The van der Waals surface area contributed by atoms with Crippen molar-refractivity contribution in [1.29, 1.82) is 0 Å². The summed E-state index contributed by atoms with van der Waals surface area (Å²) in [5.74, 6) is 1.01. The van der Waals surface area contributed by atoms with Crippen LogP contribution in [0.4, 0.5) is 0 Å². The SMILES string of the molecule is O=C(c1ccc(OC2CCCC2)cc1)c1sc2cc(O)ccc2c1-c1ccccc1. The average Bonchev–Trinajstić information content (AvgIpc) is 3.41. The van der Waals surface area contributed by atoms with E-state index in [0.29, 0.717) is 16.5 Å². The minimum absolute atomic E-state index is 0.0121. The van der Waals surface area contributed by atoms with Crippen molar-refractivity contribution < 1.29 is 14.6 Å². The number of thiophene rings is 1. The van der Waals surface area contributed by atoms with Crippen LogP contribution in [0.15, 0.2) is 72.8 Å². The van der Waals surface area contributed by atoms with E-state index in [1.54, 1.807) is 12.1 Å². The Hall–Kier alpha value is -3.11. The van der Waals surface area contributed by atoms with Crippen molar-refractivity contribution in [3.63, 3.8) is 0 Å². The maximum Gasteiger partial charge on any atom is 0.203 e. The molecule has 30 heavy (non-hydrogen) atoms. The Morgan fingerprint density at radius 1 is 0.933 bits per heavy atom. The molecular weight excluding hydrogens is 392 g/mol. The van der Waals surface area contributed by atoms with Crippen LogP contribution in [-0.2, 0) is 0 Å². The summed E-state index contributed by atoms with van der Waals surface area (Å²) < 4.78 is 6.93. The first kappa shape index (κ1) is 18.9. The molecule has 1 aliphatic carbocycles. The van der Waals surface area contributed by atoms with Crippen LogP contribution in [0.1, 0.15) is 40.9 Å². The van der Waals surface area contributed by atoms with Crippen molar-refractivity contribution >= 4 is 27.2 Å². The first-order valence-corrected chi connectivity index (χ1v) is 11.1. The number of ketones is 1. The van der Waals surface area contributed by atoms with Gasteiger partial charge in [0.1, 0.15) is 11.5 Å². The zero-order chi connectivity index (χ0) is 20.5. The molecular formula is C26H22O3S. The number of ether oxygens (including phenoxy) is 1. The van der Waals surface area contributed by atoms with E-state index in [-0.39, 0.29) is 11.5 Å². The van der Waals surface area contributed by atoms with Crippen molar-refractivity contribution in [2.24, 2.45) is 0 Å². The molecule has 3 aromatic carbocycles. The third-order valence-electron chi connectivity index (χ3n) is 5.66. The smallest absolute Gasteiger partial charge is 0.203 e. The first-order valence-electron chi connectivity index (χ1n) is 10.3. The number of rotatable bonds is 5. The van der Waals surface area contributed by atoms with Gasteiger partial charge < -0.3 is 9.84 Å². The predicted octanol–water partition coefficient (Wildman–Crippen LogP) is 6.83. The lowest BCUT2D eigenvalue weighted by Gasteiger charge is -2.13. The molecule has 3 nitrogen and oxygen atoms in total. The van der Waals surface area contributed by atoms with Crippen LogP contribution in [0.3, 0.4) is 0 Å². The van der Waals surface area contributed by atoms with E-state index in [1.807, 2.05) is 60.7 Å². The molecule has 0 bridgehead atoms. The molecule has 0 aliphatic heterocycles. The lowest BCUT2D eigenvalue weighted by atomic mass is 9.98. The molecule has 0 spiro atoms. The molecule has 0 radical (unpaired) electrons. The van der Waals surface area contributed by atoms with E-state index in [9.17, 15) is 9.90 Å².